The second kappa shape index (κ2) is 13.7. The molecule has 0 N–H and O–H groups in total. The van der Waals surface area contributed by atoms with Crippen LogP contribution in [-0.2, 0) is 5.41 Å². The summed E-state index contributed by atoms with van der Waals surface area (Å²) in [5.41, 5.74) is 17.0. The van der Waals surface area contributed by atoms with Crippen molar-refractivity contribution in [1.82, 2.24) is 19.5 Å². The molecule has 6 nitrogen and oxygen atoms in total. The summed E-state index contributed by atoms with van der Waals surface area (Å²) in [5.74, 6) is 1.81. The molecule has 9 aromatic carbocycles. The fraction of sp³-hybridized carbons (Fsp3) is 0.0500. The molecule has 0 amide bonds. The quantitative estimate of drug-likeness (QED) is 0.173. The molecule has 0 bridgehead atoms. The second-order valence-electron chi connectivity index (χ2n) is 18.0. The van der Waals surface area contributed by atoms with Crippen molar-refractivity contribution < 1.29 is 8.83 Å². The molecule has 6 heteroatoms. The van der Waals surface area contributed by atoms with Gasteiger partial charge < -0.3 is 13.4 Å². The predicted octanol–water partition coefficient (Wildman–Crippen LogP) is 15.7. The molecule has 0 aliphatic heterocycles. The molecule has 0 saturated carbocycles. The summed E-state index contributed by atoms with van der Waals surface area (Å²) < 4.78 is 15.0. The van der Waals surface area contributed by atoms with Gasteiger partial charge in [0.15, 0.2) is 17.5 Å². The lowest BCUT2D eigenvalue weighted by Crippen LogP contribution is -2.15. The minimum absolute atomic E-state index is 0.186. The summed E-state index contributed by atoms with van der Waals surface area (Å²) in [6, 6.07) is 68.4. The fourth-order valence-corrected chi connectivity index (χ4v) is 10.6. The summed E-state index contributed by atoms with van der Waals surface area (Å²) >= 11 is 0. The Balaban J connectivity index is 0.856. The predicted molar refractivity (Wildman–Crippen MR) is 268 cm³/mol. The van der Waals surface area contributed by atoms with Crippen LogP contribution in [0.3, 0.4) is 0 Å². The van der Waals surface area contributed by atoms with Crippen molar-refractivity contribution in [2.75, 3.05) is 0 Å². The first-order valence-corrected chi connectivity index (χ1v) is 22.4. The van der Waals surface area contributed by atoms with E-state index in [1.165, 1.54) is 49.5 Å². The maximum Gasteiger partial charge on any atom is 0.164 e. The average Bonchev–Trinajstić information content (AvgIpc) is 4.09. The third kappa shape index (κ3) is 5.39. The zero-order valence-corrected chi connectivity index (χ0v) is 36.1. The van der Waals surface area contributed by atoms with Gasteiger partial charge in [0.05, 0.1) is 11.0 Å². The fourth-order valence-electron chi connectivity index (χ4n) is 10.6. The Morgan fingerprint density at radius 3 is 1.77 bits per heavy atom. The van der Waals surface area contributed by atoms with Crippen LogP contribution >= 0.6 is 0 Å². The lowest BCUT2D eigenvalue weighted by atomic mass is 9.81. The van der Waals surface area contributed by atoms with Gasteiger partial charge in [-0.1, -0.05) is 129 Å². The highest BCUT2D eigenvalue weighted by atomic mass is 16.3. The first-order valence-electron chi connectivity index (χ1n) is 22.4. The van der Waals surface area contributed by atoms with Crippen LogP contribution in [-0.4, -0.2) is 19.5 Å². The van der Waals surface area contributed by atoms with E-state index < -0.39 is 0 Å². The minimum atomic E-state index is -0.186. The minimum Gasteiger partial charge on any atom is -0.456 e. The first kappa shape index (κ1) is 36.8. The summed E-state index contributed by atoms with van der Waals surface area (Å²) in [7, 11) is 0. The van der Waals surface area contributed by atoms with Gasteiger partial charge in [0.25, 0.3) is 0 Å². The maximum atomic E-state index is 6.35. The van der Waals surface area contributed by atoms with E-state index >= 15 is 0 Å². The molecule has 0 saturated heterocycles. The van der Waals surface area contributed by atoms with Gasteiger partial charge in [-0.3, -0.25) is 0 Å². The highest BCUT2D eigenvalue weighted by Gasteiger charge is 2.36. The third-order valence-electron chi connectivity index (χ3n) is 13.9. The van der Waals surface area contributed by atoms with Crippen molar-refractivity contribution in [3.05, 3.63) is 205 Å². The Labute approximate surface area is 379 Å². The van der Waals surface area contributed by atoms with E-state index in [-0.39, 0.29) is 5.41 Å². The van der Waals surface area contributed by atoms with Crippen molar-refractivity contribution >= 4 is 65.7 Å². The molecule has 0 fully saturated rings. The zero-order valence-electron chi connectivity index (χ0n) is 36.1. The summed E-state index contributed by atoms with van der Waals surface area (Å²) in [5, 5.41) is 6.76. The van der Waals surface area contributed by atoms with Crippen molar-refractivity contribution in [3.63, 3.8) is 0 Å². The number of rotatable bonds is 5. The van der Waals surface area contributed by atoms with E-state index in [1.807, 2.05) is 66.7 Å². The van der Waals surface area contributed by atoms with Crippen LogP contribution in [0.4, 0.5) is 0 Å². The molecular formula is C60H38N4O2. The maximum absolute atomic E-state index is 6.35. The molecule has 0 spiro atoms. The number of nitrogens with zero attached hydrogens (tertiary/aromatic N) is 4. The Morgan fingerprint density at radius 2 is 0.955 bits per heavy atom. The number of benzene rings is 9. The number of hydrogen-bond acceptors (Lipinski definition) is 5. The highest BCUT2D eigenvalue weighted by Crippen LogP contribution is 2.52. The molecular weight excluding hydrogens is 809 g/mol. The van der Waals surface area contributed by atoms with Crippen LogP contribution in [0.1, 0.15) is 25.0 Å². The smallest absolute Gasteiger partial charge is 0.164 e. The Morgan fingerprint density at radius 1 is 0.364 bits per heavy atom. The lowest BCUT2D eigenvalue weighted by Gasteiger charge is -2.22. The number of para-hydroxylation sites is 3. The molecule has 0 unspecified atom stereocenters. The van der Waals surface area contributed by atoms with Crippen LogP contribution in [0.25, 0.3) is 128 Å². The Hall–Kier alpha value is -8.61. The van der Waals surface area contributed by atoms with Crippen LogP contribution < -0.4 is 0 Å². The largest absolute Gasteiger partial charge is 0.456 e. The SMILES string of the molecule is CC1(C)c2cc(-c3ccc4c(c3)c3ccccc3n4-c3ccc(-c4nc(-c5ccccc5)nc(-c5cccc6oc7ccccc7c56)n4)cc3)ccc2-c2cc3c(cc21)oc1ccccc13. The lowest BCUT2D eigenvalue weighted by molar-refractivity contribution is 0.647. The summed E-state index contributed by atoms with van der Waals surface area (Å²) in [6.45, 7) is 4.67. The van der Waals surface area contributed by atoms with Gasteiger partial charge in [0.2, 0.25) is 0 Å². The van der Waals surface area contributed by atoms with E-state index in [1.54, 1.807) is 0 Å². The average molecular weight is 847 g/mol. The van der Waals surface area contributed by atoms with Crippen LogP contribution in [0.15, 0.2) is 203 Å². The van der Waals surface area contributed by atoms with Crippen LogP contribution in [0.2, 0.25) is 0 Å². The summed E-state index contributed by atoms with van der Waals surface area (Å²) in [6.07, 6.45) is 0. The number of furan rings is 2. The van der Waals surface area contributed by atoms with E-state index in [0.717, 1.165) is 71.9 Å². The monoisotopic (exact) mass is 846 g/mol. The number of aromatic nitrogens is 4. The molecule has 1 aliphatic rings. The van der Waals surface area contributed by atoms with Gasteiger partial charge in [-0.25, -0.2) is 15.0 Å². The van der Waals surface area contributed by atoms with Gasteiger partial charge in [0, 0.05) is 60.1 Å². The third-order valence-corrected chi connectivity index (χ3v) is 13.9. The van der Waals surface area contributed by atoms with Gasteiger partial charge in [-0.2, -0.15) is 0 Å². The van der Waals surface area contributed by atoms with Gasteiger partial charge in [-0.15, -0.1) is 0 Å². The van der Waals surface area contributed by atoms with Crippen molar-refractivity contribution in [2.24, 2.45) is 0 Å². The molecule has 0 atom stereocenters. The van der Waals surface area contributed by atoms with Gasteiger partial charge >= 0.3 is 0 Å². The molecule has 14 rings (SSSR count). The van der Waals surface area contributed by atoms with E-state index in [4.69, 9.17) is 23.8 Å². The van der Waals surface area contributed by atoms with E-state index in [9.17, 15) is 0 Å². The molecule has 4 heterocycles. The Bertz CT molecular complexity index is 4140. The molecule has 0 radical (unpaired) electrons. The zero-order chi connectivity index (χ0) is 43.7. The number of fused-ring (bicyclic) bond motifs is 12. The second-order valence-corrected chi connectivity index (χ2v) is 18.0. The molecule has 66 heavy (non-hydrogen) atoms. The topological polar surface area (TPSA) is 69.9 Å². The number of hydrogen-bond donors (Lipinski definition) is 0. The van der Waals surface area contributed by atoms with Crippen molar-refractivity contribution in [3.8, 4) is 62.1 Å². The van der Waals surface area contributed by atoms with E-state index in [0.29, 0.717) is 17.5 Å². The van der Waals surface area contributed by atoms with Gasteiger partial charge in [0.1, 0.15) is 22.3 Å². The molecule has 4 aromatic heterocycles. The molecule has 13 aromatic rings. The standard InChI is InChI=1S/C60H38N4O2/c1-60(2)48-32-38(25-29-40(48)45-33-47-42-16-7-10-20-52(42)66-55(47)34-49(45)60)37-26-30-51-46(31-37)41-15-6-9-19-50(41)64(51)39-27-23-36(24-28-39)58-61-57(35-13-4-3-5-14-35)62-59(63-58)44-18-12-22-54-56(44)43-17-8-11-21-53(43)65-54/h3-34H,1-2H3. The summed E-state index contributed by atoms with van der Waals surface area (Å²) in [4.78, 5) is 15.3. The van der Waals surface area contributed by atoms with Crippen LogP contribution in [0.5, 0.6) is 0 Å². The Kier molecular flexibility index (Phi) is 7.64. The molecule has 1 aliphatic carbocycles. The van der Waals surface area contributed by atoms with E-state index in [2.05, 4.69) is 146 Å². The molecule has 310 valence electrons. The van der Waals surface area contributed by atoms with Crippen molar-refractivity contribution in [1.29, 1.82) is 0 Å². The first-order chi connectivity index (χ1) is 32.4. The van der Waals surface area contributed by atoms with Crippen LogP contribution in [0, 0.1) is 0 Å². The highest BCUT2D eigenvalue weighted by molar-refractivity contribution is 6.13. The van der Waals surface area contributed by atoms with Gasteiger partial charge in [-0.05, 0) is 112 Å². The van der Waals surface area contributed by atoms with Crippen molar-refractivity contribution in [2.45, 2.75) is 19.3 Å². The normalized spacial score (nSPS) is 13.1.